The summed E-state index contributed by atoms with van der Waals surface area (Å²) in [5, 5.41) is 19.0. The van der Waals surface area contributed by atoms with Crippen molar-refractivity contribution in [2.45, 2.75) is 19.1 Å². The van der Waals surface area contributed by atoms with E-state index >= 15 is 0 Å². The fourth-order valence-electron chi connectivity index (χ4n) is 1.24. The van der Waals surface area contributed by atoms with E-state index in [2.05, 4.69) is 4.74 Å². The molecule has 2 unspecified atom stereocenters. The zero-order valence-electron chi connectivity index (χ0n) is 8.76. The van der Waals surface area contributed by atoms with Crippen molar-refractivity contribution in [3.8, 4) is 0 Å². The first-order chi connectivity index (χ1) is 7.57. The van der Waals surface area contributed by atoms with E-state index in [-0.39, 0.29) is 12.2 Å². The lowest BCUT2D eigenvalue weighted by Gasteiger charge is -2.16. The third kappa shape index (κ3) is 2.77. The minimum absolute atomic E-state index is 0.0832. The van der Waals surface area contributed by atoms with Crippen molar-refractivity contribution in [2.75, 3.05) is 6.61 Å². The highest BCUT2D eigenvalue weighted by Gasteiger charge is 2.28. The first-order valence-electron chi connectivity index (χ1n) is 4.85. The van der Waals surface area contributed by atoms with E-state index in [9.17, 15) is 19.4 Å². The molecule has 0 bridgehead atoms. The Morgan fingerprint density at radius 1 is 1.44 bits per heavy atom. The van der Waals surface area contributed by atoms with Crippen LogP contribution in [0.4, 0.5) is 4.39 Å². The summed E-state index contributed by atoms with van der Waals surface area (Å²) in [7, 11) is 0. The molecule has 1 aromatic carbocycles. The first-order valence-corrected chi connectivity index (χ1v) is 4.85. The zero-order valence-corrected chi connectivity index (χ0v) is 8.76. The highest BCUT2D eigenvalue weighted by Crippen LogP contribution is 2.20. The molecule has 2 atom stereocenters. The number of hydrogen-bond donors (Lipinski definition) is 2. The second-order valence-corrected chi connectivity index (χ2v) is 3.16. The van der Waals surface area contributed by atoms with Crippen molar-refractivity contribution in [2.24, 2.45) is 0 Å². The number of aliphatic hydroxyl groups is 2. The minimum atomic E-state index is -1.78. The van der Waals surface area contributed by atoms with E-state index < -0.39 is 24.0 Å². The maximum absolute atomic E-state index is 13.2. The Morgan fingerprint density at radius 2 is 2.06 bits per heavy atom. The first kappa shape index (κ1) is 12.6. The molecule has 0 aliphatic heterocycles. The molecular formula is C11H13FO4. The van der Waals surface area contributed by atoms with Gasteiger partial charge < -0.3 is 14.9 Å². The molecular weight excluding hydrogens is 215 g/mol. The van der Waals surface area contributed by atoms with Gasteiger partial charge in [0.2, 0.25) is 0 Å². The van der Waals surface area contributed by atoms with Crippen LogP contribution in [0.5, 0.6) is 0 Å². The molecule has 88 valence electrons. The highest BCUT2D eigenvalue weighted by molar-refractivity contribution is 5.75. The van der Waals surface area contributed by atoms with Gasteiger partial charge in [0.25, 0.3) is 0 Å². The lowest BCUT2D eigenvalue weighted by atomic mass is 10.0. The van der Waals surface area contributed by atoms with Crippen LogP contribution in [0.25, 0.3) is 0 Å². The molecule has 0 saturated heterocycles. The molecule has 0 saturated carbocycles. The van der Waals surface area contributed by atoms with E-state index in [1.807, 2.05) is 0 Å². The summed E-state index contributed by atoms with van der Waals surface area (Å²) in [6.07, 6.45) is -3.41. The van der Waals surface area contributed by atoms with Crippen LogP contribution in [0.1, 0.15) is 18.6 Å². The van der Waals surface area contributed by atoms with Crippen molar-refractivity contribution < 1.29 is 24.1 Å². The van der Waals surface area contributed by atoms with Crippen molar-refractivity contribution in [1.29, 1.82) is 0 Å². The summed E-state index contributed by atoms with van der Waals surface area (Å²) in [6, 6.07) is 5.38. The normalized spacial score (nSPS) is 14.2. The predicted molar refractivity (Wildman–Crippen MR) is 54.0 cm³/mol. The predicted octanol–water partition coefficient (Wildman–Crippen LogP) is 0.783. The number of carbonyl (C=O) groups is 1. The molecule has 0 spiro atoms. The third-order valence-electron chi connectivity index (χ3n) is 2.05. The molecule has 5 heteroatoms. The highest BCUT2D eigenvalue weighted by atomic mass is 19.1. The number of carbonyl (C=O) groups excluding carboxylic acids is 1. The van der Waals surface area contributed by atoms with Crippen molar-refractivity contribution >= 4 is 5.97 Å². The molecule has 16 heavy (non-hydrogen) atoms. The summed E-state index contributed by atoms with van der Waals surface area (Å²) in [5.74, 6) is -1.66. The van der Waals surface area contributed by atoms with Gasteiger partial charge in [0.15, 0.2) is 6.10 Å². The average molecular weight is 228 g/mol. The molecule has 1 aromatic rings. The molecule has 1 rings (SSSR count). The van der Waals surface area contributed by atoms with Crippen molar-refractivity contribution in [1.82, 2.24) is 0 Å². The lowest BCUT2D eigenvalue weighted by molar-refractivity contribution is -0.159. The van der Waals surface area contributed by atoms with Gasteiger partial charge in [0, 0.05) is 5.56 Å². The van der Waals surface area contributed by atoms with Crippen LogP contribution >= 0.6 is 0 Å². The number of rotatable bonds is 4. The van der Waals surface area contributed by atoms with Gasteiger partial charge in [-0.1, -0.05) is 18.2 Å². The fourth-order valence-corrected chi connectivity index (χ4v) is 1.24. The zero-order chi connectivity index (χ0) is 12.1. The number of ether oxygens (including phenoxy) is 1. The topological polar surface area (TPSA) is 66.8 Å². The summed E-state index contributed by atoms with van der Waals surface area (Å²) in [6.45, 7) is 1.65. The van der Waals surface area contributed by atoms with Gasteiger partial charge >= 0.3 is 5.97 Å². The molecule has 0 aromatic heterocycles. The van der Waals surface area contributed by atoms with Gasteiger partial charge in [-0.25, -0.2) is 9.18 Å². The van der Waals surface area contributed by atoms with Crippen molar-refractivity contribution in [3.63, 3.8) is 0 Å². The third-order valence-corrected chi connectivity index (χ3v) is 2.05. The smallest absolute Gasteiger partial charge is 0.338 e. The molecule has 0 radical (unpaired) electrons. The average Bonchev–Trinajstić information content (AvgIpc) is 2.28. The second kappa shape index (κ2) is 5.58. The molecule has 0 heterocycles. The summed E-state index contributed by atoms with van der Waals surface area (Å²) in [5.41, 5.74) is -0.136. The maximum Gasteiger partial charge on any atom is 0.338 e. The van der Waals surface area contributed by atoms with Crippen LogP contribution in [-0.2, 0) is 9.53 Å². The number of benzene rings is 1. The van der Waals surface area contributed by atoms with Gasteiger partial charge in [-0.2, -0.15) is 0 Å². The number of hydrogen-bond acceptors (Lipinski definition) is 4. The van der Waals surface area contributed by atoms with Crippen LogP contribution in [0, 0.1) is 5.82 Å². The van der Waals surface area contributed by atoms with Gasteiger partial charge in [-0.05, 0) is 13.0 Å². The van der Waals surface area contributed by atoms with E-state index in [1.165, 1.54) is 18.2 Å². The van der Waals surface area contributed by atoms with Crippen LogP contribution in [0.3, 0.4) is 0 Å². The van der Waals surface area contributed by atoms with E-state index in [0.717, 1.165) is 6.07 Å². The Labute approximate surface area is 92.3 Å². The van der Waals surface area contributed by atoms with Crippen LogP contribution in [-0.4, -0.2) is 28.9 Å². The van der Waals surface area contributed by atoms with E-state index in [0.29, 0.717) is 0 Å². The lowest BCUT2D eigenvalue weighted by Crippen LogP contribution is -2.30. The Hall–Kier alpha value is -1.46. The SMILES string of the molecule is CCOC(=O)C(O)C(O)c1ccccc1F. The molecule has 0 aliphatic carbocycles. The number of aliphatic hydroxyl groups excluding tert-OH is 2. The van der Waals surface area contributed by atoms with Gasteiger partial charge in [0.1, 0.15) is 11.9 Å². The van der Waals surface area contributed by atoms with Crippen LogP contribution < -0.4 is 0 Å². The Bertz CT molecular complexity index is 367. The fraction of sp³-hybridized carbons (Fsp3) is 0.364. The maximum atomic E-state index is 13.2. The van der Waals surface area contributed by atoms with E-state index in [1.54, 1.807) is 6.92 Å². The summed E-state index contributed by atoms with van der Waals surface area (Å²) in [4.78, 5) is 11.1. The van der Waals surface area contributed by atoms with Gasteiger partial charge in [-0.15, -0.1) is 0 Å². The van der Waals surface area contributed by atoms with Crippen LogP contribution in [0.15, 0.2) is 24.3 Å². The Balaban J connectivity index is 2.82. The monoisotopic (exact) mass is 228 g/mol. The number of halogens is 1. The number of esters is 1. The van der Waals surface area contributed by atoms with Gasteiger partial charge in [0.05, 0.1) is 6.61 Å². The largest absolute Gasteiger partial charge is 0.464 e. The minimum Gasteiger partial charge on any atom is -0.464 e. The molecule has 0 fully saturated rings. The summed E-state index contributed by atoms with van der Waals surface area (Å²) >= 11 is 0. The second-order valence-electron chi connectivity index (χ2n) is 3.16. The molecule has 2 N–H and O–H groups in total. The standard InChI is InChI=1S/C11H13FO4/c1-2-16-11(15)10(14)9(13)7-5-3-4-6-8(7)12/h3-6,9-10,13-14H,2H2,1H3. The molecule has 0 aliphatic rings. The quantitative estimate of drug-likeness (QED) is 0.747. The summed E-state index contributed by atoms with van der Waals surface area (Å²) < 4.78 is 17.7. The molecule has 4 nitrogen and oxygen atoms in total. The van der Waals surface area contributed by atoms with Crippen LogP contribution in [0.2, 0.25) is 0 Å². The Kier molecular flexibility index (Phi) is 4.39. The molecule has 0 amide bonds. The van der Waals surface area contributed by atoms with Crippen molar-refractivity contribution in [3.05, 3.63) is 35.6 Å². The Morgan fingerprint density at radius 3 is 2.62 bits per heavy atom. The van der Waals surface area contributed by atoms with E-state index in [4.69, 9.17) is 0 Å². The van der Waals surface area contributed by atoms with Gasteiger partial charge in [-0.3, -0.25) is 0 Å².